The molecular weight excluding hydrogens is 180 g/mol. The molecule has 0 amide bonds. The highest BCUT2D eigenvalue weighted by Crippen LogP contribution is 2.39. The van der Waals surface area contributed by atoms with E-state index >= 15 is 0 Å². The SMILES string of the molecule is COC(=O)[C@@]1(C)C(=O)C=C[C@H](C)[C@H]1C. The van der Waals surface area contributed by atoms with Crippen LogP contribution in [0.5, 0.6) is 0 Å². The fourth-order valence-corrected chi connectivity index (χ4v) is 1.83. The summed E-state index contributed by atoms with van der Waals surface area (Å²) in [5.74, 6) is -0.398. The second kappa shape index (κ2) is 3.56. The number of ether oxygens (including phenoxy) is 1. The number of hydrogen-bond acceptors (Lipinski definition) is 3. The summed E-state index contributed by atoms with van der Waals surface area (Å²) >= 11 is 0. The molecule has 0 fully saturated rings. The van der Waals surface area contributed by atoms with Gasteiger partial charge in [-0.25, -0.2) is 0 Å². The summed E-state index contributed by atoms with van der Waals surface area (Å²) < 4.78 is 4.69. The molecule has 0 saturated heterocycles. The zero-order valence-electron chi connectivity index (χ0n) is 9.03. The molecule has 0 bridgehead atoms. The van der Waals surface area contributed by atoms with Gasteiger partial charge in [-0.2, -0.15) is 0 Å². The highest BCUT2D eigenvalue weighted by molar-refractivity contribution is 6.09. The first-order valence-corrected chi connectivity index (χ1v) is 4.75. The van der Waals surface area contributed by atoms with Crippen LogP contribution in [0.2, 0.25) is 0 Å². The van der Waals surface area contributed by atoms with Crippen LogP contribution in [0.1, 0.15) is 20.8 Å². The summed E-state index contributed by atoms with van der Waals surface area (Å²) in [6.07, 6.45) is 3.33. The van der Waals surface area contributed by atoms with E-state index in [4.69, 9.17) is 0 Å². The molecule has 0 aromatic heterocycles. The molecule has 0 unspecified atom stereocenters. The molecule has 0 saturated carbocycles. The van der Waals surface area contributed by atoms with E-state index in [9.17, 15) is 9.59 Å². The Balaban J connectivity index is 3.12. The first-order valence-electron chi connectivity index (χ1n) is 4.75. The van der Waals surface area contributed by atoms with Gasteiger partial charge in [0.05, 0.1) is 7.11 Å². The first kappa shape index (κ1) is 11.0. The number of hydrogen-bond donors (Lipinski definition) is 0. The van der Waals surface area contributed by atoms with Crippen LogP contribution in [0.25, 0.3) is 0 Å². The molecule has 0 aromatic rings. The second-order valence-corrected chi connectivity index (χ2v) is 4.07. The van der Waals surface area contributed by atoms with E-state index in [1.54, 1.807) is 6.92 Å². The molecule has 14 heavy (non-hydrogen) atoms. The Hall–Kier alpha value is -1.12. The van der Waals surface area contributed by atoms with Crippen LogP contribution in [0, 0.1) is 17.3 Å². The van der Waals surface area contributed by atoms with Gasteiger partial charge in [-0.05, 0) is 24.8 Å². The molecule has 1 aliphatic rings. The van der Waals surface area contributed by atoms with Crippen LogP contribution >= 0.6 is 0 Å². The molecule has 0 spiro atoms. The van der Waals surface area contributed by atoms with Crippen molar-refractivity contribution in [3.8, 4) is 0 Å². The lowest BCUT2D eigenvalue weighted by Crippen LogP contribution is -2.46. The number of esters is 1. The summed E-state index contributed by atoms with van der Waals surface area (Å²) in [5.41, 5.74) is -1.01. The van der Waals surface area contributed by atoms with Crippen LogP contribution < -0.4 is 0 Å². The predicted octanol–water partition coefficient (Wildman–Crippen LogP) is 1.58. The summed E-state index contributed by atoms with van der Waals surface area (Å²) in [4.78, 5) is 23.3. The number of carbonyl (C=O) groups excluding carboxylic acids is 2. The molecule has 3 atom stereocenters. The van der Waals surface area contributed by atoms with Crippen LogP contribution in [0.4, 0.5) is 0 Å². The zero-order chi connectivity index (χ0) is 10.9. The molecule has 78 valence electrons. The van der Waals surface area contributed by atoms with E-state index in [2.05, 4.69) is 4.74 Å². The minimum absolute atomic E-state index is 0.0209. The third-order valence-corrected chi connectivity index (χ3v) is 3.37. The van der Waals surface area contributed by atoms with Crippen LogP contribution in [-0.2, 0) is 14.3 Å². The molecule has 0 radical (unpaired) electrons. The van der Waals surface area contributed by atoms with Crippen molar-refractivity contribution in [3.05, 3.63) is 12.2 Å². The lowest BCUT2D eigenvalue weighted by atomic mass is 9.66. The highest BCUT2D eigenvalue weighted by Gasteiger charge is 2.48. The van der Waals surface area contributed by atoms with Gasteiger partial charge < -0.3 is 4.74 Å². The zero-order valence-corrected chi connectivity index (χ0v) is 9.03. The molecule has 0 N–H and O–H groups in total. The fraction of sp³-hybridized carbons (Fsp3) is 0.636. The molecule has 0 aliphatic heterocycles. The topological polar surface area (TPSA) is 43.4 Å². The Bertz CT molecular complexity index is 293. The average Bonchev–Trinajstić information content (AvgIpc) is 2.19. The van der Waals surface area contributed by atoms with Gasteiger partial charge in [0.2, 0.25) is 0 Å². The van der Waals surface area contributed by atoms with Gasteiger partial charge in [0.15, 0.2) is 5.78 Å². The van der Waals surface area contributed by atoms with E-state index in [0.29, 0.717) is 0 Å². The molecule has 3 nitrogen and oxygen atoms in total. The van der Waals surface area contributed by atoms with Gasteiger partial charge in [0, 0.05) is 0 Å². The lowest BCUT2D eigenvalue weighted by Gasteiger charge is -2.36. The predicted molar refractivity (Wildman–Crippen MR) is 52.6 cm³/mol. The van der Waals surface area contributed by atoms with Crippen molar-refractivity contribution >= 4 is 11.8 Å². The Morgan fingerprint density at radius 3 is 2.57 bits per heavy atom. The third kappa shape index (κ3) is 1.37. The molecule has 0 heterocycles. The van der Waals surface area contributed by atoms with Crippen molar-refractivity contribution in [2.24, 2.45) is 17.3 Å². The summed E-state index contributed by atoms with van der Waals surface area (Å²) in [5, 5.41) is 0. The van der Waals surface area contributed by atoms with Gasteiger partial charge in [-0.15, -0.1) is 0 Å². The molecule has 0 aromatic carbocycles. The smallest absolute Gasteiger partial charge is 0.319 e. The van der Waals surface area contributed by atoms with E-state index in [1.807, 2.05) is 19.9 Å². The maximum absolute atomic E-state index is 11.7. The number of ketones is 1. The van der Waals surface area contributed by atoms with Gasteiger partial charge >= 0.3 is 5.97 Å². The summed E-state index contributed by atoms with van der Waals surface area (Å²) in [7, 11) is 1.32. The lowest BCUT2D eigenvalue weighted by molar-refractivity contribution is -0.160. The van der Waals surface area contributed by atoms with Crippen LogP contribution in [0.3, 0.4) is 0 Å². The summed E-state index contributed by atoms with van der Waals surface area (Å²) in [6, 6.07) is 0. The van der Waals surface area contributed by atoms with Gasteiger partial charge in [-0.3, -0.25) is 9.59 Å². The number of allylic oxidation sites excluding steroid dienone is 2. The minimum atomic E-state index is -1.01. The van der Waals surface area contributed by atoms with E-state index in [-0.39, 0.29) is 17.6 Å². The largest absolute Gasteiger partial charge is 0.468 e. The van der Waals surface area contributed by atoms with Crippen molar-refractivity contribution in [2.75, 3.05) is 7.11 Å². The quantitative estimate of drug-likeness (QED) is 0.472. The second-order valence-electron chi connectivity index (χ2n) is 4.07. The molecule has 1 rings (SSSR count). The Kier molecular flexibility index (Phi) is 2.79. The minimum Gasteiger partial charge on any atom is -0.468 e. The van der Waals surface area contributed by atoms with Crippen LogP contribution in [-0.4, -0.2) is 18.9 Å². The fourth-order valence-electron chi connectivity index (χ4n) is 1.83. The van der Waals surface area contributed by atoms with Crippen molar-refractivity contribution in [1.29, 1.82) is 0 Å². The molecule has 1 aliphatic carbocycles. The Morgan fingerprint density at radius 1 is 1.50 bits per heavy atom. The number of methoxy groups -OCH3 is 1. The molecular formula is C11H16O3. The van der Waals surface area contributed by atoms with E-state index < -0.39 is 11.4 Å². The average molecular weight is 196 g/mol. The maximum atomic E-state index is 11.7. The van der Waals surface area contributed by atoms with Crippen molar-refractivity contribution in [2.45, 2.75) is 20.8 Å². The van der Waals surface area contributed by atoms with Crippen molar-refractivity contribution in [3.63, 3.8) is 0 Å². The van der Waals surface area contributed by atoms with Crippen molar-refractivity contribution < 1.29 is 14.3 Å². The van der Waals surface area contributed by atoms with Gasteiger partial charge in [-0.1, -0.05) is 19.9 Å². The maximum Gasteiger partial charge on any atom is 0.319 e. The van der Waals surface area contributed by atoms with Crippen LogP contribution in [0.15, 0.2) is 12.2 Å². The van der Waals surface area contributed by atoms with Crippen molar-refractivity contribution in [1.82, 2.24) is 0 Å². The third-order valence-electron chi connectivity index (χ3n) is 3.37. The normalized spacial score (nSPS) is 37.0. The Morgan fingerprint density at radius 2 is 2.07 bits per heavy atom. The number of rotatable bonds is 1. The highest BCUT2D eigenvalue weighted by atomic mass is 16.5. The standard InChI is InChI=1S/C11H16O3/c1-7-5-6-9(12)11(3,8(7)2)10(13)14-4/h5-8H,1-4H3/t7-,8+,11+/m0/s1. The number of carbonyl (C=O) groups is 2. The first-order chi connectivity index (χ1) is 6.44. The van der Waals surface area contributed by atoms with Gasteiger partial charge in [0.25, 0.3) is 0 Å². The van der Waals surface area contributed by atoms with E-state index in [1.165, 1.54) is 13.2 Å². The molecule has 3 heteroatoms. The van der Waals surface area contributed by atoms with E-state index in [0.717, 1.165) is 0 Å². The summed E-state index contributed by atoms with van der Waals surface area (Å²) in [6.45, 7) is 5.56. The monoisotopic (exact) mass is 196 g/mol. The Labute approximate surface area is 84.1 Å². The van der Waals surface area contributed by atoms with Gasteiger partial charge in [0.1, 0.15) is 5.41 Å².